The van der Waals surface area contributed by atoms with Crippen LogP contribution in [-0.4, -0.2) is 16.0 Å². The van der Waals surface area contributed by atoms with Crippen molar-refractivity contribution in [2.45, 2.75) is 13.0 Å². The minimum absolute atomic E-state index is 0.0539. The van der Waals surface area contributed by atoms with Crippen LogP contribution >= 0.6 is 11.3 Å². The molecule has 3 aromatic rings. The number of carbonyl (C=O) groups is 1. The van der Waals surface area contributed by atoms with Gasteiger partial charge in [-0.2, -0.15) is 0 Å². The van der Waals surface area contributed by atoms with Crippen molar-refractivity contribution in [2.75, 3.05) is 5.32 Å². The van der Waals surface area contributed by atoms with Gasteiger partial charge in [0.25, 0.3) is 5.91 Å². The zero-order valence-electron chi connectivity index (χ0n) is 12.4. The number of aliphatic hydroxyl groups excluding tert-OH is 1. The van der Waals surface area contributed by atoms with E-state index in [1.807, 2.05) is 30.3 Å². The average Bonchev–Trinajstić information content (AvgIpc) is 3.04. The maximum absolute atomic E-state index is 12.3. The van der Waals surface area contributed by atoms with Crippen LogP contribution in [0, 0.1) is 0 Å². The molecule has 5 heteroatoms. The number of rotatable bonds is 5. The number of thiazole rings is 1. The van der Waals surface area contributed by atoms with E-state index in [0.717, 1.165) is 17.0 Å². The van der Waals surface area contributed by atoms with Crippen molar-refractivity contribution < 1.29 is 9.90 Å². The zero-order chi connectivity index (χ0) is 16.1. The first kappa shape index (κ1) is 15.4. The standard InChI is InChI=1S/C18H16N2O2S/c21-11-14-7-4-8-15(9-14)19-18(22)16-12-23-17(20-16)10-13-5-2-1-3-6-13/h1-9,12,21H,10-11H2,(H,19,22). The third-order valence-corrected chi connectivity index (χ3v) is 4.20. The molecule has 2 N–H and O–H groups in total. The van der Waals surface area contributed by atoms with Gasteiger partial charge in [-0.15, -0.1) is 11.3 Å². The molecule has 1 amide bonds. The molecule has 0 bridgehead atoms. The molecule has 0 saturated heterocycles. The fourth-order valence-electron chi connectivity index (χ4n) is 2.21. The van der Waals surface area contributed by atoms with E-state index in [1.165, 1.54) is 16.9 Å². The number of aromatic nitrogens is 1. The molecule has 23 heavy (non-hydrogen) atoms. The van der Waals surface area contributed by atoms with Crippen molar-refractivity contribution in [1.82, 2.24) is 4.98 Å². The number of hydrogen-bond acceptors (Lipinski definition) is 4. The fraction of sp³-hybridized carbons (Fsp3) is 0.111. The highest BCUT2D eigenvalue weighted by Crippen LogP contribution is 2.17. The fourth-order valence-corrected chi connectivity index (χ4v) is 3.02. The van der Waals surface area contributed by atoms with E-state index < -0.39 is 0 Å². The summed E-state index contributed by atoms with van der Waals surface area (Å²) in [6, 6.07) is 17.2. The molecule has 0 saturated carbocycles. The molecule has 0 aliphatic rings. The van der Waals surface area contributed by atoms with Crippen molar-refractivity contribution in [3.05, 3.63) is 81.8 Å². The van der Waals surface area contributed by atoms with E-state index in [9.17, 15) is 4.79 Å². The summed E-state index contributed by atoms with van der Waals surface area (Å²) in [5.74, 6) is -0.240. The molecule has 0 atom stereocenters. The molecule has 0 unspecified atom stereocenters. The van der Waals surface area contributed by atoms with Crippen LogP contribution in [0.5, 0.6) is 0 Å². The van der Waals surface area contributed by atoms with Crippen molar-refractivity contribution >= 4 is 22.9 Å². The second kappa shape index (κ2) is 7.17. The van der Waals surface area contributed by atoms with Crippen LogP contribution in [0.25, 0.3) is 0 Å². The van der Waals surface area contributed by atoms with E-state index >= 15 is 0 Å². The van der Waals surface area contributed by atoms with Gasteiger partial charge in [-0.1, -0.05) is 42.5 Å². The smallest absolute Gasteiger partial charge is 0.275 e. The van der Waals surface area contributed by atoms with Crippen molar-refractivity contribution in [3.63, 3.8) is 0 Å². The monoisotopic (exact) mass is 324 g/mol. The maximum Gasteiger partial charge on any atom is 0.275 e. The molecule has 0 radical (unpaired) electrons. The summed E-state index contributed by atoms with van der Waals surface area (Å²) in [6.07, 6.45) is 0.721. The highest BCUT2D eigenvalue weighted by molar-refractivity contribution is 7.09. The Morgan fingerprint density at radius 3 is 2.65 bits per heavy atom. The van der Waals surface area contributed by atoms with Gasteiger partial charge in [0.05, 0.1) is 11.6 Å². The largest absolute Gasteiger partial charge is 0.392 e. The van der Waals surface area contributed by atoms with E-state index in [-0.39, 0.29) is 12.5 Å². The van der Waals surface area contributed by atoms with E-state index in [1.54, 1.807) is 29.6 Å². The molecular formula is C18H16N2O2S. The third kappa shape index (κ3) is 4.03. The number of aliphatic hydroxyl groups is 1. The number of nitrogens with one attached hydrogen (secondary N) is 1. The lowest BCUT2D eigenvalue weighted by Gasteiger charge is -2.04. The first-order chi connectivity index (χ1) is 11.2. The molecule has 1 heterocycles. The number of carbonyl (C=O) groups excluding carboxylic acids is 1. The summed E-state index contributed by atoms with van der Waals surface area (Å²) in [7, 11) is 0. The molecule has 2 aromatic carbocycles. The van der Waals surface area contributed by atoms with Crippen molar-refractivity contribution in [3.8, 4) is 0 Å². The van der Waals surface area contributed by atoms with Gasteiger partial charge in [-0.05, 0) is 23.3 Å². The number of benzene rings is 2. The van der Waals surface area contributed by atoms with Crippen LogP contribution < -0.4 is 5.32 Å². The topological polar surface area (TPSA) is 62.2 Å². The number of amides is 1. The zero-order valence-corrected chi connectivity index (χ0v) is 13.2. The van der Waals surface area contributed by atoms with Gasteiger partial charge in [-0.3, -0.25) is 4.79 Å². The molecule has 0 aliphatic heterocycles. The van der Waals surface area contributed by atoms with Gasteiger partial charge >= 0.3 is 0 Å². The summed E-state index contributed by atoms with van der Waals surface area (Å²) in [5.41, 5.74) is 2.99. The van der Waals surface area contributed by atoms with Crippen LogP contribution in [0.3, 0.4) is 0 Å². The molecule has 0 spiro atoms. The number of anilines is 1. The molecular weight excluding hydrogens is 308 g/mol. The molecule has 116 valence electrons. The molecule has 4 nitrogen and oxygen atoms in total. The predicted molar refractivity (Wildman–Crippen MR) is 91.7 cm³/mol. The van der Waals surface area contributed by atoms with Gasteiger partial charge in [-0.25, -0.2) is 4.98 Å². The Morgan fingerprint density at radius 1 is 1.09 bits per heavy atom. The molecule has 0 aliphatic carbocycles. The van der Waals surface area contributed by atoms with E-state index in [0.29, 0.717) is 11.4 Å². The SMILES string of the molecule is O=C(Nc1cccc(CO)c1)c1csc(Cc2ccccc2)n1. The Bertz CT molecular complexity index is 800. The Labute approximate surface area is 138 Å². The molecule has 1 aromatic heterocycles. The van der Waals surface area contributed by atoms with E-state index in [2.05, 4.69) is 10.3 Å². The summed E-state index contributed by atoms with van der Waals surface area (Å²) in [4.78, 5) is 16.7. The summed E-state index contributed by atoms with van der Waals surface area (Å²) in [6.45, 7) is -0.0539. The third-order valence-electron chi connectivity index (χ3n) is 3.35. The Kier molecular flexibility index (Phi) is 4.80. The molecule has 0 fully saturated rings. The lowest BCUT2D eigenvalue weighted by molar-refractivity contribution is 0.102. The number of hydrogen-bond donors (Lipinski definition) is 2. The maximum atomic E-state index is 12.3. The lowest BCUT2D eigenvalue weighted by atomic mass is 10.2. The van der Waals surface area contributed by atoms with Gasteiger partial charge < -0.3 is 10.4 Å². The predicted octanol–water partition coefficient (Wildman–Crippen LogP) is 3.48. The van der Waals surface area contributed by atoms with Crippen LogP contribution in [0.4, 0.5) is 5.69 Å². The van der Waals surface area contributed by atoms with Crippen LogP contribution in [-0.2, 0) is 13.0 Å². The van der Waals surface area contributed by atoms with Gasteiger partial charge in [0.1, 0.15) is 5.69 Å². The van der Waals surface area contributed by atoms with Crippen LogP contribution in [0.15, 0.2) is 60.0 Å². The normalized spacial score (nSPS) is 10.5. The van der Waals surface area contributed by atoms with Crippen molar-refractivity contribution in [1.29, 1.82) is 0 Å². The van der Waals surface area contributed by atoms with Crippen LogP contribution in [0.2, 0.25) is 0 Å². The van der Waals surface area contributed by atoms with Gasteiger partial charge in [0.2, 0.25) is 0 Å². The highest BCUT2D eigenvalue weighted by Gasteiger charge is 2.11. The van der Waals surface area contributed by atoms with Gasteiger partial charge in [0, 0.05) is 17.5 Å². The Morgan fingerprint density at radius 2 is 1.87 bits per heavy atom. The number of nitrogens with zero attached hydrogens (tertiary/aromatic N) is 1. The summed E-state index contributed by atoms with van der Waals surface area (Å²) >= 11 is 1.48. The highest BCUT2D eigenvalue weighted by atomic mass is 32.1. The van der Waals surface area contributed by atoms with Crippen LogP contribution in [0.1, 0.15) is 26.6 Å². The molecule has 3 rings (SSSR count). The second-order valence-electron chi connectivity index (χ2n) is 5.10. The second-order valence-corrected chi connectivity index (χ2v) is 6.04. The van der Waals surface area contributed by atoms with Gasteiger partial charge in [0.15, 0.2) is 0 Å². The van der Waals surface area contributed by atoms with Crippen molar-refractivity contribution in [2.24, 2.45) is 0 Å². The average molecular weight is 324 g/mol. The minimum Gasteiger partial charge on any atom is -0.392 e. The Hall–Kier alpha value is -2.50. The minimum atomic E-state index is -0.240. The summed E-state index contributed by atoms with van der Waals surface area (Å²) < 4.78 is 0. The first-order valence-corrected chi connectivity index (χ1v) is 8.12. The summed E-state index contributed by atoms with van der Waals surface area (Å²) in [5, 5.41) is 14.6. The van der Waals surface area contributed by atoms with E-state index in [4.69, 9.17) is 5.11 Å². The first-order valence-electron chi connectivity index (χ1n) is 7.24. The lowest BCUT2D eigenvalue weighted by Crippen LogP contribution is -2.12. The Balaban J connectivity index is 1.68. The quantitative estimate of drug-likeness (QED) is 0.755.